The van der Waals surface area contributed by atoms with Crippen molar-refractivity contribution in [2.75, 3.05) is 6.61 Å². The molecule has 0 spiro atoms. The predicted octanol–water partition coefficient (Wildman–Crippen LogP) is 1.46. The maximum Gasteiger partial charge on any atom is 0.311 e. The fourth-order valence-electron chi connectivity index (χ4n) is 1.17. The first-order valence-electron chi connectivity index (χ1n) is 4.54. The molecule has 0 heterocycles. The SMILES string of the molecule is CCOC=C(C=O)C(C(=O)O)C(C)C. The van der Waals surface area contributed by atoms with Crippen LogP contribution in [-0.4, -0.2) is 24.0 Å². The van der Waals surface area contributed by atoms with Crippen LogP contribution in [-0.2, 0) is 14.3 Å². The van der Waals surface area contributed by atoms with E-state index < -0.39 is 11.9 Å². The summed E-state index contributed by atoms with van der Waals surface area (Å²) in [5.74, 6) is -1.93. The van der Waals surface area contributed by atoms with Crippen LogP contribution in [0.25, 0.3) is 0 Å². The van der Waals surface area contributed by atoms with Crippen LogP contribution in [0.3, 0.4) is 0 Å². The second kappa shape index (κ2) is 6.18. The summed E-state index contributed by atoms with van der Waals surface area (Å²) >= 11 is 0. The minimum absolute atomic E-state index is 0.135. The summed E-state index contributed by atoms with van der Waals surface area (Å²) in [4.78, 5) is 21.5. The topological polar surface area (TPSA) is 63.6 Å². The highest BCUT2D eigenvalue weighted by Crippen LogP contribution is 2.19. The molecule has 14 heavy (non-hydrogen) atoms. The lowest BCUT2D eigenvalue weighted by Gasteiger charge is -2.15. The van der Waals surface area contributed by atoms with Crippen LogP contribution in [0.15, 0.2) is 11.8 Å². The van der Waals surface area contributed by atoms with Crippen molar-refractivity contribution in [2.45, 2.75) is 20.8 Å². The zero-order chi connectivity index (χ0) is 11.1. The molecule has 0 bridgehead atoms. The van der Waals surface area contributed by atoms with E-state index in [1.165, 1.54) is 6.26 Å². The number of carbonyl (C=O) groups excluding carboxylic acids is 1. The molecule has 0 amide bonds. The Bertz CT molecular complexity index is 230. The Morgan fingerprint density at radius 3 is 2.36 bits per heavy atom. The molecule has 0 saturated heterocycles. The Hall–Kier alpha value is -1.32. The smallest absolute Gasteiger partial charge is 0.311 e. The van der Waals surface area contributed by atoms with Crippen molar-refractivity contribution in [3.05, 3.63) is 11.8 Å². The fourth-order valence-corrected chi connectivity index (χ4v) is 1.17. The Morgan fingerprint density at radius 2 is 2.07 bits per heavy atom. The first kappa shape index (κ1) is 12.7. The van der Waals surface area contributed by atoms with Gasteiger partial charge in [0.2, 0.25) is 0 Å². The van der Waals surface area contributed by atoms with Crippen LogP contribution in [0.4, 0.5) is 0 Å². The van der Waals surface area contributed by atoms with Crippen LogP contribution in [0.5, 0.6) is 0 Å². The Balaban J connectivity index is 4.76. The summed E-state index contributed by atoms with van der Waals surface area (Å²) in [6, 6.07) is 0. The van der Waals surface area contributed by atoms with Crippen molar-refractivity contribution in [1.82, 2.24) is 0 Å². The Labute approximate surface area is 83.6 Å². The number of hydrogen-bond acceptors (Lipinski definition) is 3. The van der Waals surface area contributed by atoms with Crippen LogP contribution in [0, 0.1) is 11.8 Å². The molecule has 0 fully saturated rings. The van der Waals surface area contributed by atoms with Gasteiger partial charge < -0.3 is 9.84 Å². The molecule has 80 valence electrons. The minimum atomic E-state index is -1.00. The quantitative estimate of drug-likeness (QED) is 0.400. The van der Waals surface area contributed by atoms with E-state index in [1.807, 2.05) is 0 Å². The van der Waals surface area contributed by atoms with Crippen molar-refractivity contribution >= 4 is 12.3 Å². The van der Waals surface area contributed by atoms with Gasteiger partial charge in [-0.25, -0.2) is 0 Å². The van der Waals surface area contributed by atoms with Gasteiger partial charge in [0, 0.05) is 5.57 Å². The Morgan fingerprint density at radius 1 is 1.50 bits per heavy atom. The van der Waals surface area contributed by atoms with Crippen molar-refractivity contribution in [3.8, 4) is 0 Å². The number of rotatable bonds is 6. The zero-order valence-corrected chi connectivity index (χ0v) is 8.69. The van der Waals surface area contributed by atoms with Gasteiger partial charge in [0.25, 0.3) is 0 Å². The summed E-state index contributed by atoms with van der Waals surface area (Å²) < 4.78 is 4.91. The zero-order valence-electron chi connectivity index (χ0n) is 8.69. The molecule has 0 saturated carbocycles. The molecular formula is C10H16O4. The number of hydrogen-bond donors (Lipinski definition) is 1. The second-order valence-corrected chi connectivity index (χ2v) is 3.25. The maximum absolute atomic E-state index is 10.8. The lowest BCUT2D eigenvalue weighted by molar-refractivity contribution is -0.142. The summed E-state index contributed by atoms with van der Waals surface area (Å²) in [5.41, 5.74) is 0.175. The molecule has 0 aliphatic rings. The van der Waals surface area contributed by atoms with E-state index >= 15 is 0 Å². The molecule has 1 unspecified atom stereocenters. The molecular weight excluding hydrogens is 184 g/mol. The van der Waals surface area contributed by atoms with E-state index in [2.05, 4.69) is 0 Å². The van der Waals surface area contributed by atoms with E-state index in [9.17, 15) is 9.59 Å². The number of carboxylic acid groups (broad SMARTS) is 1. The highest BCUT2D eigenvalue weighted by Gasteiger charge is 2.25. The molecule has 0 aromatic carbocycles. The van der Waals surface area contributed by atoms with Crippen molar-refractivity contribution in [3.63, 3.8) is 0 Å². The van der Waals surface area contributed by atoms with Crippen LogP contribution < -0.4 is 0 Å². The van der Waals surface area contributed by atoms with E-state index in [0.29, 0.717) is 12.9 Å². The average Bonchev–Trinajstić information content (AvgIpc) is 2.10. The summed E-state index contributed by atoms with van der Waals surface area (Å²) in [5, 5.41) is 8.89. The Kier molecular flexibility index (Phi) is 5.60. The van der Waals surface area contributed by atoms with Crippen molar-refractivity contribution in [2.24, 2.45) is 11.8 Å². The average molecular weight is 200 g/mol. The third-order valence-corrected chi connectivity index (χ3v) is 1.81. The van der Waals surface area contributed by atoms with E-state index in [0.717, 1.165) is 0 Å². The van der Waals surface area contributed by atoms with Gasteiger partial charge in [-0.15, -0.1) is 0 Å². The number of aldehydes is 1. The van der Waals surface area contributed by atoms with Gasteiger partial charge in [-0.2, -0.15) is 0 Å². The van der Waals surface area contributed by atoms with E-state index in [-0.39, 0.29) is 11.5 Å². The normalized spacial score (nSPS) is 13.9. The van der Waals surface area contributed by atoms with Gasteiger partial charge in [-0.1, -0.05) is 13.8 Å². The number of aliphatic carboxylic acids is 1. The predicted molar refractivity (Wildman–Crippen MR) is 51.7 cm³/mol. The first-order valence-corrected chi connectivity index (χ1v) is 4.54. The van der Waals surface area contributed by atoms with Crippen molar-refractivity contribution < 1.29 is 19.4 Å². The summed E-state index contributed by atoms with van der Waals surface area (Å²) in [7, 11) is 0. The molecule has 0 aliphatic heterocycles. The first-order chi connectivity index (χ1) is 6.54. The number of carboxylic acids is 1. The summed E-state index contributed by atoms with van der Waals surface area (Å²) in [6.07, 6.45) is 1.76. The lowest BCUT2D eigenvalue weighted by atomic mass is 9.89. The monoisotopic (exact) mass is 200 g/mol. The largest absolute Gasteiger partial charge is 0.501 e. The fraction of sp³-hybridized carbons (Fsp3) is 0.600. The molecule has 0 aromatic heterocycles. The van der Waals surface area contributed by atoms with Gasteiger partial charge in [-0.3, -0.25) is 9.59 Å². The lowest BCUT2D eigenvalue weighted by Crippen LogP contribution is -2.23. The highest BCUT2D eigenvalue weighted by molar-refractivity contribution is 5.85. The number of ether oxygens (including phenoxy) is 1. The third-order valence-electron chi connectivity index (χ3n) is 1.81. The third kappa shape index (κ3) is 3.60. The van der Waals surface area contributed by atoms with Gasteiger partial charge in [-0.05, 0) is 12.8 Å². The molecule has 0 aromatic rings. The standard InChI is InChI=1S/C10H16O4/c1-4-14-6-8(5-11)9(7(2)3)10(12)13/h5-7,9H,4H2,1-3H3,(H,12,13). The number of carbonyl (C=O) groups is 2. The molecule has 1 atom stereocenters. The van der Waals surface area contributed by atoms with Crippen LogP contribution in [0.2, 0.25) is 0 Å². The van der Waals surface area contributed by atoms with Gasteiger partial charge in [0.15, 0.2) is 0 Å². The molecule has 0 rings (SSSR count). The maximum atomic E-state index is 10.8. The molecule has 1 N–H and O–H groups in total. The van der Waals surface area contributed by atoms with Crippen molar-refractivity contribution in [1.29, 1.82) is 0 Å². The van der Waals surface area contributed by atoms with Crippen LogP contribution in [0.1, 0.15) is 20.8 Å². The molecule has 4 heteroatoms. The van der Waals surface area contributed by atoms with Gasteiger partial charge in [0.1, 0.15) is 6.29 Å². The van der Waals surface area contributed by atoms with E-state index in [1.54, 1.807) is 20.8 Å². The molecule has 4 nitrogen and oxygen atoms in total. The second-order valence-electron chi connectivity index (χ2n) is 3.25. The molecule has 0 aliphatic carbocycles. The van der Waals surface area contributed by atoms with Gasteiger partial charge in [0.05, 0.1) is 18.8 Å². The van der Waals surface area contributed by atoms with E-state index in [4.69, 9.17) is 9.84 Å². The summed E-state index contributed by atoms with van der Waals surface area (Å²) in [6.45, 7) is 5.69. The highest BCUT2D eigenvalue weighted by atomic mass is 16.5. The van der Waals surface area contributed by atoms with Gasteiger partial charge >= 0.3 is 5.97 Å². The minimum Gasteiger partial charge on any atom is -0.501 e. The molecule has 0 radical (unpaired) electrons. The van der Waals surface area contributed by atoms with Crippen LogP contribution >= 0.6 is 0 Å².